The van der Waals surface area contributed by atoms with Crippen LogP contribution < -0.4 is 5.32 Å². The topological polar surface area (TPSA) is 32.3 Å². The van der Waals surface area contributed by atoms with Gasteiger partial charge in [-0.1, -0.05) is 36.7 Å². The number of likely N-dealkylation sites (tertiary alicyclic amines) is 1. The lowest BCUT2D eigenvalue weighted by atomic mass is 9.99. The number of carbonyl (C=O) groups is 1. The molecule has 0 spiro atoms. The van der Waals surface area contributed by atoms with E-state index >= 15 is 0 Å². The Hall–Kier alpha value is -2.00. The molecule has 0 saturated carbocycles. The maximum atomic E-state index is 12.7. The lowest BCUT2D eigenvalue weighted by Crippen LogP contribution is -2.39. The fourth-order valence-electron chi connectivity index (χ4n) is 3.13. The van der Waals surface area contributed by atoms with Gasteiger partial charge in [0.15, 0.2) is 0 Å². The van der Waals surface area contributed by atoms with Gasteiger partial charge in [-0.15, -0.1) is 0 Å². The summed E-state index contributed by atoms with van der Waals surface area (Å²) in [7, 11) is 0. The maximum Gasteiger partial charge on any atom is 0.253 e. The Morgan fingerprint density at radius 2 is 2.04 bits per heavy atom. The first-order valence-corrected chi connectivity index (χ1v) is 8.87. The van der Waals surface area contributed by atoms with Crippen LogP contribution in [0.5, 0.6) is 0 Å². The quantitative estimate of drug-likeness (QED) is 0.863. The van der Waals surface area contributed by atoms with Gasteiger partial charge in [0.2, 0.25) is 0 Å². The standard InChI is InChI=1S/C20H23ClN2O/c1-15-4-3-11-23(14-15)20(24)17-5-2-6-19(12-17)22-13-16-7-9-18(21)10-8-16/h2,5-10,12,15,22H,3-4,11,13-14H2,1H3. The first-order chi connectivity index (χ1) is 11.6. The van der Waals surface area contributed by atoms with Crippen LogP contribution in [0.1, 0.15) is 35.7 Å². The number of anilines is 1. The number of carbonyl (C=O) groups excluding carboxylic acids is 1. The van der Waals surface area contributed by atoms with Crippen LogP contribution in [0.15, 0.2) is 48.5 Å². The van der Waals surface area contributed by atoms with Crippen LogP contribution in [-0.4, -0.2) is 23.9 Å². The second-order valence-electron chi connectivity index (χ2n) is 6.56. The average Bonchev–Trinajstić information content (AvgIpc) is 2.61. The van der Waals surface area contributed by atoms with Gasteiger partial charge in [-0.2, -0.15) is 0 Å². The highest BCUT2D eigenvalue weighted by atomic mass is 35.5. The molecule has 1 atom stereocenters. The summed E-state index contributed by atoms with van der Waals surface area (Å²) in [6.45, 7) is 4.64. The van der Waals surface area contributed by atoms with Gasteiger partial charge >= 0.3 is 0 Å². The third-order valence-electron chi connectivity index (χ3n) is 4.46. The molecular weight excluding hydrogens is 320 g/mol. The molecule has 1 aliphatic heterocycles. The van der Waals surface area contributed by atoms with Crippen LogP contribution in [0.25, 0.3) is 0 Å². The molecule has 4 heteroatoms. The average molecular weight is 343 g/mol. The summed E-state index contributed by atoms with van der Waals surface area (Å²) in [6.07, 6.45) is 2.31. The number of hydrogen-bond donors (Lipinski definition) is 1. The minimum atomic E-state index is 0.136. The Morgan fingerprint density at radius 1 is 1.25 bits per heavy atom. The Morgan fingerprint density at radius 3 is 2.79 bits per heavy atom. The molecule has 3 nitrogen and oxygen atoms in total. The van der Waals surface area contributed by atoms with Gasteiger partial charge in [0.05, 0.1) is 0 Å². The largest absolute Gasteiger partial charge is 0.381 e. The lowest BCUT2D eigenvalue weighted by molar-refractivity contribution is 0.0683. The second kappa shape index (κ2) is 7.71. The molecule has 0 radical (unpaired) electrons. The zero-order chi connectivity index (χ0) is 16.9. The summed E-state index contributed by atoms with van der Waals surface area (Å²) < 4.78 is 0. The minimum absolute atomic E-state index is 0.136. The first kappa shape index (κ1) is 16.8. The molecule has 2 aromatic rings. The van der Waals surface area contributed by atoms with Crippen molar-refractivity contribution < 1.29 is 4.79 Å². The van der Waals surface area contributed by atoms with Crippen LogP contribution >= 0.6 is 11.6 Å². The van der Waals surface area contributed by atoms with E-state index in [4.69, 9.17) is 11.6 Å². The Labute approximate surface area is 148 Å². The molecular formula is C20H23ClN2O. The Balaban J connectivity index is 1.65. The van der Waals surface area contributed by atoms with Crippen LogP contribution in [0.2, 0.25) is 5.02 Å². The third kappa shape index (κ3) is 4.30. The van der Waals surface area contributed by atoms with Crippen molar-refractivity contribution >= 4 is 23.2 Å². The molecule has 3 rings (SSSR count). The Kier molecular flexibility index (Phi) is 5.41. The van der Waals surface area contributed by atoms with E-state index in [2.05, 4.69) is 12.2 Å². The maximum absolute atomic E-state index is 12.7. The summed E-state index contributed by atoms with van der Waals surface area (Å²) >= 11 is 5.91. The Bertz CT molecular complexity index is 699. The number of rotatable bonds is 4. The van der Waals surface area contributed by atoms with Crippen molar-refractivity contribution in [1.82, 2.24) is 4.90 Å². The summed E-state index contributed by atoms with van der Waals surface area (Å²) in [5, 5.41) is 4.11. The number of piperidine rings is 1. The summed E-state index contributed by atoms with van der Waals surface area (Å²) in [5.41, 5.74) is 2.87. The summed E-state index contributed by atoms with van der Waals surface area (Å²) in [6, 6.07) is 15.5. The van der Waals surface area contributed by atoms with Gasteiger partial charge in [0.1, 0.15) is 0 Å². The highest BCUT2D eigenvalue weighted by Crippen LogP contribution is 2.20. The molecule has 0 aliphatic carbocycles. The number of hydrogen-bond acceptors (Lipinski definition) is 2. The number of halogens is 1. The zero-order valence-electron chi connectivity index (χ0n) is 14.0. The van der Waals surface area contributed by atoms with Crippen molar-refractivity contribution in [2.75, 3.05) is 18.4 Å². The van der Waals surface area contributed by atoms with E-state index < -0.39 is 0 Å². The smallest absolute Gasteiger partial charge is 0.253 e. The summed E-state index contributed by atoms with van der Waals surface area (Å²) in [4.78, 5) is 14.7. The highest BCUT2D eigenvalue weighted by molar-refractivity contribution is 6.30. The molecule has 1 fully saturated rings. The van der Waals surface area contributed by atoms with Crippen LogP contribution in [0, 0.1) is 5.92 Å². The molecule has 2 aromatic carbocycles. The van der Waals surface area contributed by atoms with Gasteiger partial charge in [0.25, 0.3) is 5.91 Å². The lowest BCUT2D eigenvalue weighted by Gasteiger charge is -2.31. The van der Waals surface area contributed by atoms with Gasteiger partial charge in [-0.05, 0) is 54.7 Å². The van der Waals surface area contributed by atoms with Gasteiger partial charge in [-0.3, -0.25) is 4.79 Å². The molecule has 126 valence electrons. The predicted molar refractivity (Wildman–Crippen MR) is 99.5 cm³/mol. The summed E-state index contributed by atoms with van der Waals surface area (Å²) in [5.74, 6) is 0.727. The molecule has 1 saturated heterocycles. The van der Waals surface area contributed by atoms with Crippen molar-refractivity contribution in [2.45, 2.75) is 26.3 Å². The highest BCUT2D eigenvalue weighted by Gasteiger charge is 2.22. The van der Waals surface area contributed by atoms with Crippen molar-refractivity contribution in [1.29, 1.82) is 0 Å². The molecule has 1 N–H and O–H groups in total. The van der Waals surface area contributed by atoms with E-state index in [1.165, 1.54) is 6.42 Å². The molecule has 1 aliphatic rings. The van der Waals surface area contributed by atoms with Gasteiger partial charge in [0, 0.05) is 35.9 Å². The van der Waals surface area contributed by atoms with Gasteiger partial charge in [-0.25, -0.2) is 0 Å². The van der Waals surface area contributed by atoms with E-state index in [1.807, 2.05) is 53.4 Å². The van der Waals surface area contributed by atoms with Crippen molar-refractivity contribution in [2.24, 2.45) is 5.92 Å². The van der Waals surface area contributed by atoms with E-state index in [0.29, 0.717) is 12.5 Å². The van der Waals surface area contributed by atoms with E-state index in [0.717, 1.165) is 41.3 Å². The number of nitrogens with zero attached hydrogens (tertiary/aromatic N) is 1. The van der Waals surface area contributed by atoms with Crippen LogP contribution in [0.4, 0.5) is 5.69 Å². The van der Waals surface area contributed by atoms with Crippen LogP contribution in [-0.2, 0) is 6.54 Å². The molecule has 1 amide bonds. The molecule has 0 bridgehead atoms. The van der Waals surface area contributed by atoms with E-state index in [1.54, 1.807) is 0 Å². The van der Waals surface area contributed by atoms with Crippen molar-refractivity contribution in [3.63, 3.8) is 0 Å². The fourth-order valence-corrected chi connectivity index (χ4v) is 3.25. The number of amides is 1. The van der Waals surface area contributed by atoms with E-state index in [9.17, 15) is 4.79 Å². The van der Waals surface area contributed by atoms with Crippen molar-refractivity contribution in [3.8, 4) is 0 Å². The second-order valence-corrected chi connectivity index (χ2v) is 7.00. The third-order valence-corrected chi connectivity index (χ3v) is 4.72. The fraction of sp³-hybridized carbons (Fsp3) is 0.350. The molecule has 1 heterocycles. The number of nitrogens with one attached hydrogen (secondary N) is 1. The molecule has 0 aromatic heterocycles. The first-order valence-electron chi connectivity index (χ1n) is 8.49. The van der Waals surface area contributed by atoms with Crippen molar-refractivity contribution in [3.05, 3.63) is 64.7 Å². The predicted octanol–water partition coefficient (Wildman–Crippen LogP) is 4.82. The monoisotopic (exact) mass is 342 g/mol. The molecule has 24 heavy (non-hydrogen) atoms. The zero-order valence-corrected chi connectivity index (χ0v) is 14.7. The van der Waals surface area contributed by atoms with Crippen LogP contribution in [0.3, 0.4) is 0 Å². The van der Waals surface area contributed by atoms with E-state index in [-0.39, 0.29) is 5.91 Å². The molecule has 1 unspecified atom stereocenters. The normalized spacial score (nSPS) is 17.6. The minimum Gasteiger partial charge on any atom is -0.381 e. The SMILES string of the molecule is CC1CCCN(C(=O)c2cccc(NCc3ccc(Cl)cc3)c2)C1. The number of benzene rings is 2. The van der Waals surface area contributed by atoms with Gasteiger partial charge < -0.3 is 10.2 Å².